The van der Waals surface area contributed by atoms with Crippen molar-refractivity contribution in [2.24, 2.45) is 5.73 Å². The Morgan fingerprint density at radius 3 is 2.55 bits per heavy atom. The fraction of sp³-hybridized carbons (Fsp3) is 0.250. The molecule has 1 atom stereocenters. The van der Waals surface area contributed by atoms with Gasteiger partial charge in [-0.1, -0.05) is 0 Å². The van der Waals surface area contributed by atoms with Gasteiger partial charge in [-0.15, -0.1) is 0 Å². The highest BCUT2D eigenvalue weighted by Crippen LogP contribution is 2.23. The molecule has 3 amide bonds. The molecular weight excluding hydrogens is 268 g/mol. The van der Waals surface area contributed by atoms with Crippen LogP contribution in [-0.2, 0) is 9.53 Å². The smallest absolute Gasteiger partial charge is 0.342 e. The molecule has 1 rings (SSSR count). The van der Waals surface area contributed by atoms with Crippen molar-refractivity contribution in [2.75, 3.05) is 7.11 Å². The van der Waals surface area contributed by atoms with E-state index in [0.717, 1.165) is 0 Å². The van der Waals surface area contributed by atoms with Gasteiger partial charge in [0.15, 0.2) is 6.10 Å². The number of imide groups is 1. The van der Waals surface area contributed by atoms with E-state index in [4.69, 9.17) is 15.2 Å². The first-order valence-electron chi connectivity index (χ1n) is 5.53. The number of phenolic OH excluding ortho intramolecular Hbond substituents is 1. The maximum atomic E-state index is 11.8. The molecule has 0 saturated carbocycles. The number of urea groups is 1. The molecule has 0 saturated heterocycles. The summed E-state index contributed by atoms with van der Waals surface area (Å²) in [5.74, 6) is -1.79. The van der Waals surface area contributed by atoms with Crippen LogP contribution < -0.4 is 15.8 Å². The number of amides is 3. The second-order valence-electron chi connectivity index (χ2n) is 3.78. The molecule has 0 aliphatic heterocycles. The van der Waals surface area contributed by atoms with Crippen LogP contribution >= 0.6 is 0 Å². The molecule has 20 heavy (non-hydrogen) atoms. The maximum absolute atomic E-state index is 11.8. The van der Waals surface area contributed by atoms with Gasteiger partial charge >= 0.3 is 12.0 Å². The molecule has 0 fully saturated rings. The lowest BCUT2D eigenvalue weighted by Crippen LogP contribution is -2.42. The first-order valence-corrected chi connectivity index (χ1v) is 5.53. The van der Waals surface area contributed by atoms with Gasteiger partial charge in [0.1, 0.15) is 17.1 Å². The predicted octanol–water partition coefficient (Wildman–Crippen LogP) is 0.141. The van der Waals surface area contributed by atoms with Crippen LogP contribution in [-0.4, -0.2) is 36.2 Å². The Kier molecular flexibility index (Phi) is 4.90. The van der Waals surface area contributed by atoms with Crippen molar-refractivity contribution in [2.45, 2.75) is 13.0 Å². The average Bonchev–Trinajstić information content (AvgIpc) is 2.38. The number of methoxy groups -OCH3 is 1. The molecule has 1 aromatic rings. The topological polar surface area (TPSA) is 128 Å². The molecule has 1 unspecified atom stereocenters. The normalized spacial score (nSPS) is 11.3. The molecule has 4 N–H and O–H groups in total. The third kappa shape index (κ3) is 3.87. The zero-order valence-corrected chi connectivity index (χ0v) is 10.9. The van der Waals surface area contributed by atoms with Crippen LogP contribution in [0.4, 0.5) is 4.79 Å². The summed E-state index contributed by atoms with van der Waals surface area (Å²) in [5.41, 5.74) is 4.60. The van der Waals surface area contributed by atoms with Gasteiger partial charge in [0.2, 0.25) is 0 Å². The third-order valence-corrected chi connectivity index (χ3v) is 2.32. The van der Waals surface area contributed by atoms with E-state index >= 15 is 0 Å². The van der Waals surface area contributed by atoms with Crippen molar-refractivity contribution in [1.29, 1.82) is 0 Å². The van der Waals surface area contributed by atoms with Gasteiger partial charge in [0.05, 0.1) is 7.11 Å². The Morgan fingerprint density at radius 2 is 2.00 bits per heavy atom. The van der Waals surface area contributed by atoms with Gasteiger partial charge < -0.3 is 20.3 Å². The number of nitrogens with two attached hydrogens (primary N) is 1. The Bertz CT molecular complexity index is 543. The number of phenols is 1. The van der Waals surface area contributed by atoms with Gasteiger partial charge in [-0.3, -0.25) is 10.1 Å². The van der Waals surface area contributed by atoms with E-state index in [0.29, 0.717) is 5.75 Å². The van der Waals surface area contributed by atoms with E-state index in [2.05, 4.69) is 0 Å². The summed E-state index contributed by atoms with van der Waals surface area (Å²) in [6, 6.07) is 2.91. The zero-order valence-electron chi connectivity index (χ0n) is 10.9. The molecule has 8 nitrogen and oxygen atoms in total. The number of rotatable bonds is 4. The maximum Gasteiger partial charge on any atom is 0.342 e. The molecule has 108 valence electrons. The minimum atomic E-state index is -1.25. The van der Waals surface area contributed by atoms with Crippen molar-refractivity contribution < 1.29 is 29.0 Å². The molecule has 0 aliphatic rings. The van der Waals surface area contributed by atoms with E-state index in [9.17, 15) is 19.5 Å². The number of ether oxygens (including phenoxy) is 2. The Balaban J connectivity index is 2.80. The van der Waals surface area contributed by atoms with Crippen LogP contribution in [0.25, 0.3) is 0 Å². The van der Waals surface area contributed by atoms with E-state index in [1.165, 1.54) is 32.2 Å². The number of carbonyl (C=O) groups is 3. The van der Waals surface area contributed by atoms with Crippen LogP contribution in [0, 0.1) is 0 Å². The predicted molar refractivity (Wildman–Crippen MR) is 67.3 cm³/mol. The van der Waals surface area contributed by atoms with Crippen molar-refractivity contribution in [3.63, 3.8) is 0 Å². The quantitative estimate of drug-likeness (QED) is 0.674. The minimum Gasteiger partial charge on any atom is -0.507 e. The number of aromatic hydroxyl groups is 1. The summed E-state index contributed by atoms with van der Waals surface area (Å²) in [5, 5.41) is 11.3. The number of benzene rings is 1. The van der Waals surface area contributed by atoms with Crippen molar-refractivity contribution in [3.05, 3.63) is 23.8 Å². The number of carbonyl (C=O) groups excluding carboxylic acids is 3. The fourth-order valence-corrected chi connectivity index (χ4v) is 1.31. The molecular formula is C12H14N2O6. The monoisotopic (exact) mass is 282 g/mol. The molecule has 0 bridgehead atoms. The summed E-state index contributed by atoms with van der Waals surface area (Å²) >= 11 is 0. The summed E-state index contributed by atoms with van der Waals surface area (Å²) in [7, 11) is 1.39. The van der Waals surface area contributed by atoms with E-state index in [1.807, 2.05) is 0 Å². The Labute approximate surface area is 114 Å². The first-order chi connectivity index (χ1) is 9.35. The van der Waals surface area contributed by atoms with Crippen molar-refractivity contribution >= 4 is 17.9 Å². The van der Waals surface area contributed by atoms with Gasteiger partial charge in [-0.25, -0.2) is 9.59 Å². The molecule has 0 radical (unpaired) electrons. The third-order valence-electron chi connectivity index (χ3n) is 2.32. The van der Waals surface area contributed by atoms with Crippen LogP contribution in [0.15, 0.2) is 18.2 Å². The molecule has 0 aromatic heterocycles. The van der Waals surface area contributed by atoms with Crippen LogP contribution in [0.5, 0.6) is 11.5 Å². The number of primary amides is 1. The Morgan fingerprint density at radius 1 is 1.35 bits per heavy atom. The van der Waals surface area contributed by atoms with Crippen molar-refractivity contribution in [1.82, 2.24) is 5.32 Å². The van der Waals surface area contributed by atoms with Crippen LogP contribution in [0.2, 0.25) is 0 Å². The van der Waals surface area contributed by atoms with Crippen LogP contribution in [0.3, 0.4) is 0 Å². The van der Waals surface area contributed by atoms with Crippen LogP contribution in [0.1, 0.15) is 17.3 Å². The summed E-state index contributed by atoms with van der Waals surface area (Å²) in [6.07, 6.45) is -1.25. The lowest BCUT2D eigenvalue weighted by atomic mass is 10.2. The second-order valence-corrected chi connectivity index (χ2v) is 3.78. The SMILES string of the molecule is COc1ccc(O)c(C(=O)OC(C)C(=O)NC(N)=O)c1. The number of nitrogens with one attached hydrogen (secondary N) is 1. The summed E-state index contributed by atoms with van der Waals surface area (Å²) in [4.78, 5) is 33.7. The standard InChI is InChI=1S/C12H14N2O6/c1-6(10(16)14-12(13)18)20-11(17)8-5-7(19-2)3-4-9(8)15/h3-6,15H,1-2H3,(H3,13,14,16,18). The summed E-state index contributed by atoms with van der Waals surface area (Å²) in [6.45, 7) is 1.26. The van der Waals surface area contributed by atoms with Gasteiger partial charge in [0, 0.05) is 0 Å². The highest BCUT2D eigenvalue weighted by molar-refractivity contribution is 5.98. The fourth-order valence-electron chi connectivity index (χ4n) is 1.31. The molecule has 0 heterocycles. The van der Waals surface area contributed by atoms with E-state index in [-0.39, 0.29) is 11.3 Å². The second kappa shape index (κ2) is 6.41. The highest BCUT2D eigenvalue weighted by Gasteiger charge is 2.22. The Hall–Kier alpha value is -2.77. The van der Waals surface area contributed by atoms with Gasteiger partial charge in [0.25, 0.3) is 5.91 Å². The van der Waals surface area contributed by atoms with E-state index < -0.39 is 24.0 Å². The zero-order chi connectivity index (χ0) is 15.3. The highest BCUT2D eigenvalue weighted by atomic mass is 16.5. The molecule has 0 aliphatic carbocycles. The number of hydrogen-bond donors (Lipinski definition) is 3. The average molecular weight is 282 g/mol. The number of esters is 1. The molecule has 1 aromatic carbocycles. The van der Waals surface area contributed by atoms with E-state index in [1.54, 1.807) is 5.32 Å². The largest absolute Gasteiger partial charge is 0.507 e. The summed E-state index contributed by atoms with van der Waals surface area (Å²) < 4.78 is 9.71. The molecule has 0 spiro atoms. The lowest BCUT2D eigenvalue weighted by Gasteiger charge is -2.13. The van der Waals surface area contributed by atoms with Gasteiger partial charge in [-0.05, 0) is 25.1 Å². The minimum absolute atomic E-state index is 0.164. The first kappa shape index (κ1) is 15.3. The molecule has 8 heteroatoms. The lowest BCUT2D eigenvalue weighted by molar-refractivity contribution is -0.127. The van der Waals surface area contributed by atoms with Gasteiger partial charge in [-0.2, -0.15) is 0 Å². The van der Waals surface area contributed by atoms with Crippen molar-refractivity contribution in [3.8, 4) is 11.5 Å². The number of hydrogen-bond acceptors (Lipinski definition) is 6.